The molecule has 2 aromatic rings. The van der Waals surface area contributed by atoms with Crippen LogP contribution in [0.3, 0.4) is 0 Å². The Morgan fingerprint density at radius 1 is 1.06 bits per heavy atom. The van der Waals surface area contributed by atoms with E-state index in [0.29, 0.717) is 25.5 Å². The molecule has 168 valence electrons. The maximum atomic E-state index is 12.7. The van der Waals surface area contributed by atoms with E-state index < -0.39 is 22.5 Å². The highest BCUT2D eigenvalue weighted by Crippen LogP contribution is 2.29. The first-order valence-electron chi connectivity index (χ1n) is 9.63. The van der Waals surface area contributed by atoms with Gasteiger partial charge in [-0.25, -0.2) is 8.42 Å². The molecule has 0 saturated heterocycles. The summed E-state index contributed by atoms with van der Waals surface area (Å²) in [5.41, 5.74) is 0.786. The minimum atomic E-state index is -3.79. The van der Waals surface area contributed by atoms with E-state index in [1.165, 1.54) is 7.11 Å². The van der Waals surface area contributed by atoms with Gasteiger partial charge in [-0.05, 0) is 31.2 Å². The van der Waals surface area contributed by atoms with Gasteiger partial charge in [0.15, 0.2) is 0 Å². The van der Waals surface area contributed by atoms with Crippen LogP contribution >= 0.6 is 0 Å². The van der Waals surface area contributed by atoms with Gasteiger partial charge in [0.2, 0.25) is 15.9 Å². The summed E-state index contributed by atoms with van der Waals surface area (Å²) in [6.07, 6.45) is 1.01. The fraction of sp³-hybridized carbons (Fsp3) is 0.333. The largest absolute Gasteiger partial charge is 0.492 e. The number of methoxy groups -OCH3 is 1. The van der Waals surface area contributed by atoms with Crippen molar-refractivity contribution in [3.63, 3.8) is 0 Å². The van der Waals surface area contributed by atoms with Gasteiger partial charge in [-0.1, -0.05) is 24.3 Å². The van der Waals surface area contributed by atoms with Gasteiger partial charge in [0.05, 0.1) is 36.4 Å². The maximum absolute atomic E-state index is 12.7. The number of hydrogen-bond donors (Lipinski definition) is 2. The Hall–Kier alpha value is -3.11. The number of nitrogens with zero attached hydrogens (tertiary/aromatic N) is 1. The van der Waals surface area contributed by atoms with Crippen LogP contribution in [0.15, 0.2) is 48.5 Å². The first kappa shape index (κ1) is 24.2. The zero-order valence-corrected chi connectivity index (χ0v) is 18.6. The van der Waals surface area contributed by atoms with Crippen LogP contribution in [0, 0.1) is 0 Å². The van der Waals surface area contributed by atoms with Crippen molar-refractivity contribution < 1.29 is 27.5 Å². The first-order chi connectivity index (χ1) is 14.8. The molecule has 0 spiro atoms. The van der Waals surface area contributed by atoms with Crippen LogP contribution in [0.1, 0.15) is 17.3 Å². The van der Waals surface area contributed by atoms with E-state index in [0.717, 1.165) is 10.6 Å². The number of hydrogen-bond acceptors (Lipinski definition) is 6. The molecule has 31 heavy (non-hydrogen) atoms. The Morgan fingerprint density at radius 2 is 1.74 bits per heavy atom. The van der Waals surface area contributed by atoms with Crippen LogP contribution < -0.4 is 19.7 Å². The lowest BCUT2D eigenvalue weighted by Crippen LogP contribution is -2.38. The van der Waals surface area contributed by atoms with Crippen molar-refractivity contribution >= 4 is 33.2 Å². The van der Waals surface area contributed by atoms with Crippen molar-refractivity contribution in [2.24, 2.45) is 0 Å². The van der Waals surface area contributed by atoms with Crippen molar-refractivity contribution in [1.82, 2.24) is 5.32 Å². The third-order valence-electron chi connectivity index (χ3n) is 4.16. The van der Waals surface area contributed by atoms with Gasteiger partial charge in [-0.3, -0.25) is 13.9 Å². The van der Waals surface area contributed by atoms with Crippen molar-refractivity contribution in [3.8, 4) is 5.75 Å². The molecule has 0 radical (unpaired) electrons. The van der Waals surface area contributed by atoms with E-state index in [9.17, 15) is 18.0 Å². The molecule has 0 aliphatic heterocycles. The lowest BCUT2D eigenvalue weighted by atomic mass is 10.1. The molecule has 0 unspecified atom stereocenters. The summed E-state index contributed by atoms with van der Waals surface area (Å²) in [6.45, 7) is 2.30. The molecule has 0 aromatic heterocycles. The first-order valence-corrected chi connectivity index (χ1v) is 11.5. The molecule has 0 heterocycles. The molecular formula is C21H27N3O6S. The van der Waals surface area contributed by atoms with Crippen LogP contribution in [0.4, 0.5) is 11.4 Å². The Bertz CT molecular complexity index is 1010. The SMILES string of the molecule is CCOc1ccccc1N(CC(=O)Nc1ccccc1C(=O)NCCOC)S(C)(=O)=O. The smallest absolute Gasteiger partial charge is 0.253 e. The minimum Gasteiger partial charge on any atom is -0.492 e. The topological polar surface area (TPSA) is 114 Å². The van der Waals surface area contributed by atoms with Gasteiger partial charge in [0.25, 0.3) is 5.91 Å². The number of carbonyl (C=O) groups excluding carboxylic acids is 2. The normalized spacial score (nSPS) is 10.9. The zero-order valence-electron chi connectivity index (χ0n) is 17.8. The van der Waals surface area contributed by atoms with E-state index in [1.807, 2.05) is 0 Å². The van der Waals surface area contributed by atoms with Gasteiger partial charge < -0.3 is 20.1 Å². The molecule has 0 aliphatic rings. The second kappa shape index (κ2) is 11.3. The summed E-state index contributed by atoms with van der Waals surface area (Å²) < 4.78 is 36.2. The second-order valence-corrected chi connectivity index (χ2v) is 8.42. The lowest BCUT2D eigenvalue weighted by Gasteiger charge is -2.24. The van der Waals surface area contributed by atoms with Crippen molar-refractivity contribution in [2.75, 3.05) is 49.3 Å². The average Bonchev–Trinajstić information content (AvgIpc) is 2.72. The summed E-state index contributed by atoms with van der Waals surface area (Å²) in [6, 6.07) is 13.0. The van der Waals surface area contributed by atoms with E-state index in [1.54, 1.807) is 55.5 Å². The number of sulfonamides is 1. The predicted octanol–water partition coefficient (Wildman–Crippen LogP) is 1.87. The molecule has 2 rings (SSSR count). The Kier molecular flexibility index (Phi) is 8.83. The summed E-state index contributed by atoms with van der Waals surface area (Å²) >= 11 is 0. The van der Waals surface area contributed by atoms with E-state index in [-0.39, 0.29) is 22.8 Å². The molecular weight excluding hydrogens is 422 g/mol. The molecule has 10 heteroatoms. The number of nitrogens with one attached hydrogen (secondary N) is 2. The molecule has 0 bridgehead atoms. The van der Waals surface area contributed by atoms with Crippen LogP contribution in [-0.2, 0) is 19.6 Å². The molecule has 0 saturated carbocycles. The van der Waals surface area contributed by atoms with Crippen LogP contribution in [-0.4, -0.2) is 59.9 Å². The van der Waals surface area contributed by atoms with Crippen LogP contribution in [0.2, 0.25) is 0 Å². The standard InChI is InChI=1S/C21H27N3O6S/c1-4-30-19-12-8-7-11-18(19)24(31(3,27)28)15-20(25)23-17-10-6-5-9-16(17)21(26)22-13-14-29-2/h5-12H,4,13-15H2,1-3H3,(H,22,26)(H,23,25). The summed E-state index contributed by atoms with van der Waals surface area (Å²) in [5, 5.41) is 5.32. The predicted molar refractivity (Wildman–Crippen MR) is 119 cm³/mol. The molecule has 2 amide bonds. The van der Waals surface area contributed by atoms with Crippen molar-refractivity contribution in [1.29, 1.82) is 0 Å². The quantitative estimate of drug-likeness (QED) is 0.506. The van der Waals surface area contributed by atoms with Gasteiger partial charge in [0.1, 0.15) is 12.3 Å². The minimum absolute atomic E-state index is 0.257. The third kappa shape index (κ3) is 6.97. The van der Waals surface area contributed by atoms with Gasteiger partial charge in [-0.15, -0.1) is 0 Å². The fourth-order valence-corrected chi connectivity index (χ4v) is 3.65. The number of ether oxygens (including phenoxy) is 2. The molecule has 2 aromatic carbocycles. The van der Waals surface area contributed by atoms with E-state index in [2.05, 4.69) is 10.6 Å². The van der Waals surface area contributed by atoms with Gasteiger partial charge in [-0.2, -0.15) is 0 Å². The second-order valence-electron chi connectivity index (χ2n) is 6.51. The fourth-order valence-electron chi connectivity index (χ4n) is 2.79. The number of para-hydroxylation sites is 3. The molecule has 0 aliphatic carbocycles. The van der Waals surface area contributed by atoms with E-state index in [4.69, 9.17) is 9.47 Å². The number of benzene rings is 2. The average molecular weight is 450 g/mol. The highest BCUT2D eigenvalue weighted by molar-refractivity contribution is 7.92. The summed E-state index contributed by atoms with van der Waals surface area (Å²) in [4.78, 5) is 25.1. The van der Waals surface area contributed by atoms with Crippen molar-refractivity contribution in [2.45, 2.75) is 6.92 Å². The zero-order chi connectivity index (χ0) is 22.9. The molecule has 9 nitrogen and oxygen atoms in total. The number of carbonyl (C=O) groups is 2. The molecule has 2 N–H and O–H groups in total. The Labute approximate surface area is 182 Å². The molecule has 0 atom stereocenters. The van der Waals surface area contributed by atoms with Gasteiger partial charge in [0, 0.05) is 13.7 Å². The van der Waals surface area contributed by atoms with Crippen LogP contribution in [0.5, 0.6) is 5.75 Å². The number of amides is 2. The molecule has 0 fully saturated rings. The Morgan fingerprint density at radius 3 is 2.42 bits per heavy atom. The maximum Gasteiger partial charge on any atom is 0.253 e. The number of anilines is 2. The monoisotopic (exact) mass is 449 g/mol. The summed E-state index contributed by atoms with van der Waals surface area (Å²) in [7, 11) is -2.26. The lowest BCUT2D eigenvalue weighted by molar-refractivity contribution is -0.114. The van der Waals surface area contributed by atoms with E-state index >= 15 is 0 Å². The third-order valence-corrected chi connectivity index (χ3v) is 5.29. The highest BCUT2D eigenvalue weighted by Gasteiger charge is 2.24. The van der Waals surface area contributed by atoms with Gasteiger partial charge >= 0.3 is 0 Å². The Balaban J connectivity index is 2.23. The van der Waals surface area contributed by atoms with Crippen LogP contribution in [0.25, 0.3) is 0 Å². The number of rotatable bonds is 11. The van der Waals surface area contributed by atoms with Crippen molar-refractivity contribution in [3.05, 3.63) is 54.1 Å². The summed E-state index contributed by atoms with van der Waals surface area (Å²) in [5.74, 6) is -0.635. The highest BCUT2D eigenvalue weighted by atomic mass is 32.2.